The van der Waals surface area contributed by atoms with Crippen molar-refractivity contribution in [2.45, 2.75) is 26.1 Å². The van der Waals surface area contributed by atoms with Crippen LogP contribution in [0.5, 0.6) is 5.75 Å². The van der Waals surface area contributed by atoms with E-state index in [9.17, 15) is 0 Å². The second kappa shape index (κ2) is 3.85. The molecule has 1 aromatic carbocycles. The maximum absolute atomic E-state index is 5.78. The molecule has 0 N–H and O–H groups in total. The first-order valence-electron chi connectivity index (χ1n) is 6.07. The van der Waals surface area contributed by atoms with Crippen molar-refractivity contribution in [3.8, 4) is 5.75 Å². The van der Waals surface area contributed by atoms with Crippen LogP contribution in [0, 0.1) is 6.92 Å². The van der Waals surface area contributed by atoms with Crippen LogP contribution in [0.25, 0.3) is 6.08 Å². The Bertz CT molecular complexity index is 581. The van der Waals surface area contributed by atoms with Crippen molar-refractivity contribution in [3.05, 3.63) is 59.4 Å². The van der Waals surface area contributed by atoms with Crippen LogP contribution in [-0.2, 0) is 4.74 Å². The smallest absolute Gasteiger partial charge is 0.140 e. The van der Waals surface area contributed by atoms with Gasteiger partial charge in [0.05, 0.1) is 0 Å². The van der Waals surface area contributed by atoms with E-state index in [2.05, 4.69) is 32.2 Å². The minimum Gasteiger partial charge on any atom is -0.457 e. The van der Waals surface area contributed by atoms with E-state index >= 15 is 0 Å². The Morgan fingerprint density at radius 1 is 1.28 bits per heavy atom. The molecule has 1 fully saturated rings. The zero-order chi connectivity index (χ0) is 12.9. The van der Waals surface area contributed by atoms with Gasteiger partial charge in [0, 0.05) is 11.1 Å². The van der Waals surface area contributed by atoms with Gasteiger partial charge in [-0.2, -0.15) is 0 Å². The van der Waals surface area contributed by atoms with E-state index in [0.717, 1.165) is 22.4 Å². The fraction of sp³-hybridized carbons (Fsp3) is 0.250. The molecule has 0 spiro atoms. The van der Waals surface area contributed by atoms with Crippen LogP contribution < -0.4 is 4.74 Å². The van der Waals surface area contributed by atoms with E-state index in [1.54, 1.807) is 0 Å². The van der Waals surface area contributed by atoms with Crippen molar-refractivity contribution >= 4 is 6.08 Å². The molecule has 0 aliphatic carbocycles. The van der Waals surface area contributed by atoms with Crippen molar-refractivity contribution < 1.29 is 9.47 Å². The van der Waals surface area contributed by atoms with Gasteiger partial charge in [0.2, 0.25) is 0 Å². The molecular formula is C16H16O2. The minimum absolute atomic E-state index is 0.0803. The van der Waals surface area contributed by atoms with Gasteiger partial charge < -0.3 is 9.47 Å². The third-order valence-corrected chi connectivity index (χ3v) is 3.39. The van der Waals surface area contributed by atoms with E-state index in [1.807, 2.05) is 19.1 Å². The lowest BCUT2D eigenvalue weighted by Crippen LogP contribution is -2.04. The second-order valence-electron chi connectivity index (χ2n) is 4.94. The largest absolute Gasteiger partial charge is 0.457 e. The van der Waals surface area contributed by atoms with Crippen LogP contribution in [-0.4, -0.2) is 6.10 Å². The van der Waals surface area contributed by atoms with Crippen molar-refractivity contribution in [3.63, 3.8) is 0 Å². The molecule has 1 saturated heterocycles. The number of hydrogen-bond donors (Lipinski definition) is 0. The van der Waals surface area contributed by atoms with Gasteiger partial charge in [-0.1, -0.05) is 25.3 Å². The summed E-state index contributed by atoms with van der Waals surface area (Å²) in [6, 6.07) is 4.17. The van der Waals surface area contributed by atoms with E-state index < -0.39 is 0 Å². The maximum atomic E-state index is 5.78. The Labute approximate surface area is 107 Å². The third kappa shape index (κ3) is 1.70. The molecule has 92 valence electrons. The zero-order valence-corrected chi connectivity index (χ0v) is 10.7. The predicted molar refractivity (Wildman–Crippen MR) is 72.4 cm³/mol. The van der Waals surface area contributed by atoms with Gasteiger partial charge in [-0.3, -0.25) is 0 Å². The van der Waals surface area contributed by atoms with Crippen molar-refractivity contribution in [1.82, 2.24) is 0 Å². The predicted octanol–water partition coefficient (Wildman–Crippen LogP) is 3.93. The number of allylic oxidation sites excluding steroid dienone is 1. The molecule has 2 aliphatic heterocycles. The molecule has 1 aromatic rings. The maximum Gasteiger partial charge on any atom is 0.140 e. The number of epoxide rings is 1. The molecule has 3 rings (SSSR count). The summed E-state index contributed by atoms with van der Waals surface area (Å²) in [7, 11) is 0. The number of benzene rings is 1. The van der Waals surface area contributed by atoms with Gasteiger partial charge in [-0.15, -0.1) is 0 Å². The first kappa shape index (κ1) is 11.3. The summed E-state index contributed by atoms with van der Waals surface area (Å²) >= 11 is 0. The van der Waals surface area contributed by atoms with Crippen LogP contribution >= 0.6 is 0 Å². The lowest BCUT2D eigenvalue weighted by Gasteiger charge is -2.18. The van der Waals surface area contributed by atoms with E-state index in [1.165, 1.54) is 5.56 Å². The van der Waals surface area contributed by atoms with Crippen molar-refractivity contribution in [2.24, 2.45) is 0 Å². The molecule has 18 heavy (non-hydrogen) atoms. The third-order valence-electron chi connectivity index (χ3n) is 3.39. The molecule has 0 aromatic heterocycles. The van der Waals surface area contributed by atoms with Gasteiger partial charge in [0.25, 0.3) is 0 Å². The molecule has 2 unspecified atom stereocenters. The van der Waals surface area contributed by atoms with Crippen LogP contribution in [0.2, 0.25) is 0 Å². The summed E-state index contributed by atoms with van der Waals surface area (Å²) in [5, 5.41) is 0. The van der Waals surface area contributed by atoms with Gasteiger partial charge in [0.1, 0.15) is 23.7 Å². The first-order chi connectivity index (χ1) is 8.58. The summed E-state index contributed by atoms with van der Waals surface area (Å²) < 4.78 is 11.5. The van der Waals surface area contributed by atoms with Gasteiger partial charge in [-0.05, 0) is 37.1 Å². The van der Waals surface area contributed by atoms with Crippen LogP contribution in [0.15, 0.2) is 42.7 Å². The molecule has 2 heteroatoms. The monoisotopic (exact) mass is 240 g/mol. The summed E-state index contributed by atoms with van der Waals surface area (Å²) in [5.74, 6) is 1.55. The number of fused-ring (bicyclic) bond motifs is 1. The Balaban J connectivity index is 2.07. The highest BCUT2D eigenvalue weighted by atomic mass is 16.6. The van der Waals surface area contributed by atoms with E-state index in [0.29, 0.717) is 5.76 Å². The van der Waals surface area contributed by atoms with E-state index in [-0.39, 0.29) is 12.2 Å². The molecule has 0 saturated carbocycles. The van der Waals surface area contributed by atoms with Gasteiger partial charge in [-0.25, -0.2) is 0 Å². The fourth-order valence-electron chi connectivity index (χ4n) is 2.37. The Hall–Kier alpha value is -1.80. The molecule has 0 bridgehead atoms. The van der Waals surface area contributed by atoms with Gasteiger partial charge in [0.15, 0.2) is 0 Å². The quantitative estimate of drug-likeness (QED) is 0.577. The lowest BCUT2D eigenvalue weighted by molar-refractivity contribution is 0.377. The lowest BCUT2D eigenvalue weighted by atomic mass is 9.96. The standard InChI is InChI=1S/C16H16O2/c1-9(2)14-16(18-14)13-10(3)5-7-12-8-6-11(4)17-15(12)13/h5-8,14,16H,1,4H2,2-3H3. The second-order valence-corrected chi connectivity index (χ2v) is 4.94. The zero-order valence-electron chi connectivity index (χ0n) is 10.7. The van der Waals surface area contributed by atoms with E-state index in [4.69, 9.17) is 9.47 Å². The molecule has 2 heterocycles. The number of hydrogen-bond acceptors (Lipinski definition) is 2. The van der Waals surface area contributed by atoms with Crippen LogP contribution in [0.1, 0.15) is 29.7 Å². The Morgan fingerprint density at radius 3 is 2.72 bits per heavy atom. The van der Waals surface area contributed by atoms with Crippen molar-refractivity contribution in [1.29, 1.82) is 0 Å². The fourth-order valence-corrected chi connectivity index (χ4v) is 2.37. The summed E-state index contributed by atoms with van der Waals surface area (Å²) in [5.41, 5.74) is 4.46. The topological polar surface area (TPSA) is 21.8 Å². The summed E-state index contributed by atoms with van der Waals surface area (Å²) in [6.07, 6.45) is 4.11. The Kier molecular flexibility index (Phi) is 2.42. The highest BCUT2D eigenvalue weighted by Crippen LogP contribution is 2.49. The average Bonchev–Trinajstić information content (AvgIpc) is 3.08. The summed E-state index contributed by atoms with van der Waals surface area (Å²) in [6.45, 7) is 11.9. The van der Waals surface area contributed by atoms with Crippen LogP contribution in [0.3, 0.4) is 0 Å². The SMILES string of the molecule is C=C1C=Cc2ccc(C)c(C3OC3C(=C)C)c2O1. The average molecular weight is 240 g/mol. The number of rotatable bonds is 2. The highest BCUT2D eigenvalue weighted by molar-refractivity contribution is 5.67. The van der Waals surface area contributed by atoms with Crippen LogP contribution in [0.4, 0.5) is 0 Å². The highest BCUT2D eigenvalue weighted by Gasteiger charge is 2.44. The number of aryl methyl sites for hydroxylation is 1. The Morgan fingerprint density at radius 2 is 2.06 bits per heavy atom. The normalized spacial score (nSPS) is 24.4. The molecule has 0 amide bonds. The van der Waals surface area contributed by atoms with Gasteiger partial charge >= 0.3 is 0 Å². The molecule has 2 atom stereocenters. The molecular weight excluding hydrogens is 224 g/mol. The minimum atomic E-state index is 0.0803. The van der Waals surface area contributed by atoms with Crippen molar-refractivity contribution in [2.75, 3.05) is 0 Å². The summed E-state index contributed by atoms with van der Waals surface area (Å²) in [4.78, 5) is 0. The molecule has 0 radical (unpaired) electrons. The first-order valence-corrected chi connectivity index (χ1v) is 6.07. The molecule has 2 aliphatic rings. The molecule has 2 nitrogen and oxygen atoms in total. The number of ether oxygens (including phenoxy) is 2.